The minimum absolute atomic E-state index is 0.0847. The van der Waals surface area contributed by atoms with Gasteiger partial charge in [0.05, 0.1) is 10.7 Å². The van der Waals surface area contributed by atoms with E-state index in [1.807, 2.05) is 0 Å². The zero-order valence-electron chi connectivity index (χ0n) is 10.9. The van der Waals surface area contributed by atoms with E-state index in [-0.39, 0.29) is 23.0 Å². The number of imidazole rings is 1. The second-order valence-corrected chi connectivity index (χ2v) is 7.87. The summed E-state index contributed by atoms with van der Waals surface area (Å²) in [6.07, 6.45) is 2.67. The number of nitrogens with one attached hydrogen (secondary N) is 1. The number of carbonyl (C=O) groups is 1. The molecule has 0 radical (unpaired) electrons. The summed E-state index contributed by atoms with van der Waals surface area (Å²) >= 11 is 6.85. The minimum atomic E-state index is -3.61. The molecule has 0 aliphatic heterocycles. The Morgan fingerprint density at radius 2 is 2.29 bits per heavy atom. The van der Waals surface area contributed by atoms with Crippen molar-refractivity contribution in [2.45, 2.75) is 17.7 Å². The highest BCUT2D eigenvalue weighted by molar-refractivity contribution is 7.91. The molecule has 2 aromatic heterocycles. The van der Waals surface area contributed by atoms with Gasteiger partial charge in [-0.25, -0.2) is 22.9 Å². The maximum atomic E-state index is 12.0. The number of aromatic carboxylic acids is 1. The highest BCUT2D eigenvalue weighted by atomic mass is 35.5. The molecule has 2 N–H and O–H groups in total. The Balaban J connectivity index is 1.97. The molecular formula is C11H12ClN3O4S2. The summed E-state index contributed by atoms with van der Waals surface area (Å²) in [5.74, 6) is -1.13. The Morgan fingerprint density at radius 3 is 2.81 bits per heavy atom. The fourth-order valence-corrected chi connectivity index (χ4v) is 4.31. The average molecular weight is 350 g/mol. The fraction of sp³-hybridized carbons (Fsp3) is 0.273. The lowest BCUT2D eigenvalue weighted by molar-refractivity contribution is 0.0691. The smallest absolute Gasteiger partial charge is 0.356 e. The van der Waals surface area contributed by atoms with Crippen molar-refractivity contribution in [1.82, 2.24) is 14.3 Å². The molecular weight excluding hydrogens is 338 g/mol. The van der Waals surface area contributed by atoms with E-state index in [4.69, 9.17) is 16.7 Å². The topological polar surface area (TPSA) is 101 Å². The molecule has 0 bridgehead atoms. The molecule has 0 spiro atoms. The summed E-state index contributed by atoms with van der Waals surface area (Å²) in [6, 6.07) is 1.51. The Hall–Kier alpha value is -1.42. The van der Waals surface area contributed by atoms with Crippen LogP contribution < -0.4 is 4.72 Å². The lowest BCUT2D eigenvalue weighted by Gasteiger charge is -2.05. The van der Waals surface area contributed by atoms with Crippen LogP contribution in [0, 0.1) is 6.92 Å². The number of halogens is 1. The molecule has 0 aromatic carbocycles. The van der Waals surface area contributed by atoms with E-state index in [9.17, 15) is 13.2 Å². The number of hydrogen-bond acceptors (Lipinski definition) is 5. The predicted molar refractivity (Wildman–Crippen MR) is 78.4 cm³/mol. The first-order valence-corrected chi connectivity index (χ1v) is 8.48. The van der Waals surface area contributed by atoms with Crippen LogP contribution in [-0.4, -0.2) is 35.6 Å². The van der Waals surface area contributed by atoms with Gasteiger partial charge in [0.2, 0.25) is 10.0 Å². The summed E-state index contributed by atoms with van der Waals surface area (Å²) in [6.45, 7) is 2.13. The highest BCUT2D eigenvalue weighted by Crippen LogP contribution is 2.29. The SMILES string of the molecule is Cc1cc(S(=O)(=O)NCCn2cnc(C(=O)O)c2)sc1Cl. The molecule has 2 rings (SSSR count). The van der Waals surface area contributed by atoms with Crippen LogP contribution in [0.2, 0.25) is 4.34 Å². The van der Waals surface area contributed by atoms with Crippen LogP contribution in [0.25, 0.3) is 0 Å². The van der Waals surface area contributed by atoms with Crippen molar-refractivity contribution in [1.29, 1.82) is 0 Å². The van der Waals surface area contributed by atoms with Crippen LogP contribution in [0.3, 0.4) is 0 Å². The van der Waals surface area contributed by atoms with E-state index < -0.39 is 16.0 Å². The Bertz CT molecular complexity index is 747. The number of thiophene rings is 1. The molecule has 21 heavy (non-hydrogen) atoms. The molecule has 0 aliphatic rings. The van der Waals surface area contributed by atoms with Crippen LogP contribution in [0.5, 0.6) is 0 Å². The van der Waals surface area contributed by atoms with Crippen molar-refractivity contribution in [3.05, 3.63) is 34.2 Å². The van der Waals surface area contributed by atoms with Crippen molar-refractivity contribution in [2.24, 2.45) is 0 Å². The fourth-order valence-electron chi connectivity index (χ4n) is 1.54. The normalized spacial score (nSPS) is 11.7. The van der Waals surface area contributed by atoms with E-state index in [0.29, 0.717) is 9.90 Å². The standard InChI is InChI=1S/C11H12ClN3O4S2/c1-7-4-9(20-10(7)12)21(18,19)14-2-3-15-5-8(11(16)17)13-6-15/h4-6,14H,2-3H2,1H3,(H,16,17). The molecule has 0 atom stereocenters. The van der Waals surface area contributed by atoms with Crippen LogP contribution in [0.1, 0.15) is 16.1 Å². The maximum Gasteiger partial charge on any atom is 0.356 e. The summed E-state index contributed by atoms with van der Waals surface area (Å²) in [7, 11) is -3.61. The van der Waals surface area contributed by atoms with Gasteiger partial charge in [-0.15, -0.1) is 11.3 Å². The Labute approximate surface area is 130 Å². The quantitative estimate of drug-likeness (QED) is 0.824. The molecule has 7 nitrogen and oxygen atoms in total. The molecule has 2 heterocycles. The van der Waals surface area contributed by atoms with Gasteiger partial charge in [0.1, 0.15) is 4.21 Å². The molecule has 114 valence electrons. The van der Waals surface area contributed by atoms with Crippen LogP contribution in [-0.2, 0) is 16.6 Å². The number of aromatic nitrogens is 2. The zero-order valence-corrected chi connectivity index (χ0v) is 13.3. The Kier molecular flexibility index (Phi) is 4.67. The van der Waals surface area contributed by atoms with Crippen molar-refractivity contribution in [3.8, 4) is 0 Å². The second-order valence-electron chi connectivity index (χ2n) is 4.22. The van der Waals surface area contributed by atoms with Gasteiger partial charge in [-0.05, 0) is 18.6 Å². The van der Waals surface area contributed by atoms with Gasteiger partial charge in [-0.2, -0.15) is 0 Å². The number of sulfonamides is 1. The van der Waals surface area contributed by atoms with E-state index in [2.05, 4.69) is 9.71 Å². The van der Waals surface area contributed by atoms with Crippen LogP contribution >= 0.6 is 22.9 Å². The van der Waals surface area contributed by atoms with Gasteiger partial charge in [0.25, 0.3) is 0 Å². The third-order valence-corrected chi connectivity index (χ3v) is 6.10. The number of carboxylic acid groups (broad SMARTS) is 1. The molecule has 0 unspecified atom stereocenters. The van der Waals surface area contributed by atoms with Gasteiger partial charge >= 0.3 is 5.97 Å². The second kappa shape index (κ2) is 6.14. The Morgan fingerprint density at radius 1 is 1.57 bits per heavy atom. The average Bonchev–Trinajstić information content (AvgIpc) is 2.98. The lowest BCUT2D eigenvalue weighted by Crippen LogP contribution is -2.26. The molecule has 0 fully saturated rings. The van der Waals surface area contributed by atoms with Gasteiger partial charge < -0.3 is 9.67 Å². The van der Waals surface area contributed by atoms with Gasteiger partial charge in [0.15, 0.2) is 5.69 Å². The van der Waals surface area contributed by atoms with E-state index in [1.165, 1.54) is 23.2 Å². The summed E-state index contributed by atoms with van der Waals surface area (Å²) < 4.78 is 28.6. The van der Waals surface area contributed by atoms with Gasteiger partial charge in [-0.3, -0.25) is 0 Å². The molecule has 2 aromatic rings. The largest absolute Gasteiger partial charge is 0.476 e. The molecule has 10 heteroatoms. The highest BCUT2D eigenvalue weighted by Gasteiger charge is 2.18. The summed E-state index contributed by atoms with van der Waals surface area (Å²) in [4.78, 5) is 14.3. The van der Waals surface area contributed by atoms with E-state index >= 15 is 0 Å². The van der Waals surface area contributed by atoms with Gasteiger partial charge in [-0.1, -0.05) is 11.6 Å². The van der Waals surface area contributed by atoms with Gasteiger partial charge in [0, 0.05) is 19.3 Å². The van der Waals surface area contributed by atoms with Crippen LogP contribution in [0.4, 0.5) is 0 Å². The number of hydrogen-bond donors (Lipinski definition) is 2. The minimum Gasteiger partial charge on any atom is -0.476 e. The maximum absolute atomic E-state index is 12.0. The van der Waals surface area contributed by atoms with Crippen molar-refractivity contribution in [3.63, 3.8) is 0 Å². The molecule has 0 amide bonds. The summed E-state index contributed by atoms with van der Waals surface area (Å²) in [5, 5.41) is 8.73. The molecule has 0 saturated heterocycles. The third-order valence-electron chi connectivity index (χ3n) is 2.61. The summed E-state index contributed by atoms with van der Waals surface area (Å²) in [5.41, 5.74) is 0.626. The predicted octanol–water partition coefficient (Wildman–Crippen LogP) is 1.58. The van der Waals surface area contributed by atoms with E-state index in [0.717, 1.165) is 11.3 Å². The zero-order chi connectivity index (χ0) is 15.6. The first kappa shape index (κ1) is 16.0. The number of carboxylic acids is 1. The number of rotatable bonds is 6. The van der Waals surface area contributed by atoms with Crippen molar-refractivity contribution >= 4 is 38.9 Å². The van der Waals surface area contributed by atoms with Crippen molar-refractivity contribution in [2.75, 3.05) is 6.54 Å². The number of aryl methyl sites for hydroxylation is 1. The van der Waals surface area contributed by atoms with E-state index in [1.54, 1.807) is 6.92 Å². The molecule has 0 saturated carbocycles. The number of nitrogens with zero attached hydrogens (tertiary/aromatic N) is 2. The lowest BCUT2D eigenvalue weighted by atomic mass is 10.4. The monoisotopic (exact) mass is 349 g/mol. The van der Waals surface area contributed by atoms with Crippen molar-refractivity contribution < 1.29 is 18.3 Å². The molecule has 0 aliphatic carbocycles. The van der Waals surface area contributed by atoms with Crippen LogP contribution in [0.15, 0.2) is 22.8 Å². The first-order valence-electron chi connectivity index (χ1n) is 5.80. The first-order chi connectivity index (χ1) is 9.79. The third kappa shape index (κ3) is 3.82.